The molecule has 0 aromatic heterocycles. The van der Waals surface area contributed by atoms with E-state index in [2.05, 4.69) is 42.3 Å². The second-order valence-corrected chi connectivity index (χ2v) is 5.85. The standard InChI is InChI=1S/C20H23NO3/c1-21(10-4-6-16-5-3-7-18(13-16)22-2)15-17-8-9-19-20(14-17)24-12-11-23-19/h3-9,13-14H,10-12,15H2,1-2H3/b6-4+. The molecule has 0 radical (unpaired) electrons. The van der Waals surface area contributed by atoms with E-state index in [1.807, 2.05) is 24.3 Å². The van der Waals surface area contributed by atoms with Crippen LogP contribution < -0.4 is 14.2 Å². The van der Waals surface area contributed by atoms with E-state index in [4.69, 9.17) is 14.2 Å². The van der Waals surface area contributed by atoms with Crippen LogP contribution in [0.15, 0.2) is 48.5 Å². The second-order valence-electron chi connectivity index (χ2n) is 5.85. The average molecular weight is 325 g/mol. The highest BCUT2D eigenvalue weighted by Gasteiger charge is 2.12. The van der Waals surface area contributed by atoms with Crippen molar-refractivity contribution in [1.82, 2.24) is 4.90 Å². The van der Waals surface area contributed by atoms with Gasteiger partial charge >= 0.3 is 0 Å². The summed E-state index contributed by atoms with van der Waals surface area (Å²) >= 11 is 0. The molecule has 3 rings (SSSR count). The molecular weight excluding hydrogens is 302 g/mol. The van der Waals surface area contributed by atoms with Crippen LogP contribution in [0, 0.1) is 0 Å². The molecule has 4 nitrogen and oxygen atoms in total. The largest absolute Gasteiger partial charge is 0.497 e. The molecule has 0 aliphatic carbocycles. The summed E-state index contributed by atoms with van der Waals surface area (Å²) in [6.07, 6.45) is 4.27. The highest BCUT2D eigenvalue weighted by Crippen LogP contribution is 2.31. The molecule has 4 heteroatoms. The summed E-state index contributed by atoms with van der Waals surface area (Å²) in [5.41, 5.74) is 2.36. The lowest BCUT2D eigenvalue weighted by Gasteiger charge is -2.20. The number of rotatable bonds is 6. The van der Waals surface area contributed by atoms with Crippen LogP contribution in [0.5, 0.6) is 17.2 Å². The first kappa shape index (κ1) is 16.4. The van der Waals surface area contributed by atoms with Crippen molar-refractivity contribution < 1.29 is 14.2 Å². The summed E-state index contributed by atoms with van der Waals surface area (Å²) in [5.74, 6) is 2.56. The summed E-state index contributed by atoms with van der Waals surface area (Å²) in [7, 11) is 3.79. The Balaban J connectivity index is 1.55. The van der Waals surface area contributed by atoms with Crippen LogP contribution in [0.25, 0.3) is 6.08 Å². The Bertz CT molecular complexity index is 712. The van der Waals surface area contributed by atoms with Crippen LogP contribution in [0.2, 0.25) is 0 Å². The minimum Gasteiger partial charge on any atom is -0.497 e. The van der Waals surface area contributed by atoms with Crippen molar-refractivity contribution in [2.75, 3.05) is 33.9 Å². The lowest BCUT2D eigenvalue weighted by atomic mass is 10.1. The Morgan fingerprint density at radius 3 is 2.75 bits per heavy atom. The van der Waals surface area contributed by atoms with Gasteiger partial charge in [-0.15, -0.1) is 0 Å². The van der Waals surface area contributed by atoms with Crippen molar-refractivity contribution in [1.29, 1.82) is 0 Å². The number of nitrogens with zero attached hydrogens (tertiary/aromatic N) is 1. The van der Waals surface area contributed by atoms with Crippen LogP contribution in [0.3, 0.4) is 0 Å². The van der Waals surface area contributed by atoms with Crippen molar-refractivity contribution in [3.8, 4) is 17.2 Å². The van der Waals surface area contributed by atoms with E-state index in [-0.39, 0.29) is 0 Å². The minimum absolute atomic E-state index is 0.621. The van der Waals surface area contributed by atoms with Gasteiger partial charge in [-0.1, -0.05) is 30.4 Å². The van der Waals surface area contributed by atoms with Gasteiger partial charge in [-0.2, -0.15) is 0 Å². The zero-order valence-corrected chi connectivity index (χ0v) is 14.2. The molecule has 0 fully saturated rings. The molecule has 0 spiro atoms. The van der Waals surface area contributed by atoms with Gasteiger partial charge in [0.25, 0.3) is 0 Å². The van der Waals surface area contributed by atoms with Crippen molar-refractivity contribution in [2.45, 2.75) is 6.54 Å². The van der Waals surface area contributed by atoms with Gasteiger partial charge in [0.05, 0.1) is 7.11 Å². The molecule has 0 saturated heterocycles. The minimum atomic E-state index is 0.621. The molecule has 24 heavy (non-hydrogen) atoms. The molecular formula is C20H23NO3. The Morgan fingerprint density at radius 1 is 1.08 bits per heavy atom. The molecule has 0 N–H and O–H groups in total. The van der Waals surface area contributed by atoms with Crippen LogP contribution in [0.1, 0.15) is 11.1 Å². The first-order valence-corrected chi connectivity index (χ1v) is 8.12. The monoisotopic (exact) mass is 325 g/mol. The topological polar surface area (TPSA) is 30.9 Å². The van der Waals surface area contributed by atoms with Gasteiger partial charge in [-0.25, -0.2) is 0 Å². The van der Waals surface area contributed by atoms with Gasteiger partial charge < -0.3 is 14.2 Å². The molecule has 1 heterocycles. The first-order chi connectivity index (χ1) is 11.7. The lowest BCUT2D eigenvalue weighted by molar-refractivity contribution is 0.171. The third-order valence-corrected chi connectivity index (χ3v) is 3.88. The van der Waals surface area contributed by atoms with Gasteiger partial charge in [0, 0.05) is 13.1 Å². The van der Waals surface area contributed by atoms with Gasteiger partial charge in [0.15, 0.2) is 11.5 Å². The van der Waals surface area contributed by atoms with E-state index in [0.29, 0.717) is 13.2 Å². The lowest BCUT2D eigenvalue weighted by Crippen LogP contribution is -2.19. The fourth-order valence-corrected chi connectivity index (χ4v) is 2.68. The fraction of sp³-hybridized carbons (Fsp3) is 0.300. The van der Waals surface area contributed by atoms with E-state index in [0.717, 1.165) is 35.9 Å². The molecule has 126 valence electrons. The summed E-state index contributed by atoms with van der Waals surface area (Å²) in [6.45, 7) is 2.97. The number of benzene rings is 2. The van der Waals surface area contributed by atoms with Crippen molar-refractivity contribution in [3.05, 3.63) is 59.7 Å². The average Bonchev–Trinajstić information content (AvgIpc) is 2.62. The SMILES string of the molecule is COc1cccc(/C=C/CN(C)Cc2ccc3c(c2)OCCO3)c1. The van der Waals surface area contributed by atoms with E-state index >= 15 is 0 Å². The number of methoxy groups -OCH3 is 1. The van der Waals surface area contributed by atoms with Crippen LogP contribution >= 0.6 is 0 Å². The molecule has 0 atom stereocenters. The Hall–Kier alpha value is -2.46. The van der Waals surface area contributed by atoms with Crippen molar-refractivity contribution in [2.24, 2.45) is 0 Å². The molecule has 0 saturated carbocycles. The highest BCUT2D eigenvalue weighted by atomic mass is 16.6. The molecule has 0 unspecified atom stereocenters. The molecule has 0 bridgehead atoms. The Kier molecular flexibility index (Phi) is 5.39. The zero-order chi connectivity index (χ0) is 16.8. The normalized spacial score (nSPS) is 13.5. The van der Waals surface area contributed by atoms with E-state index in [9.17, 15) is 0 Å². The van der Waals surface area contributed by atoms with E-state index < -0.39 is 0 Å². The number of likely N-dealkylation sites (N-methyl/N-ethyl adjacent to an activating group) is 1. The predicted octanol–water partition coefficient (Wildman–Crippen LogP) is 3.61. The molecule has 1 aliphatic rings. The van der Waals surface area contributed by atoms with Gasteiger partial charge in [0.2, 0.25) is 0 Å². The summed E-state index contributed by atoms with van der Waals surface area (Å²) < 4.78 is 16.4. The van der Waals surface area contributed by atoms with Crippen LogP contribution in [-0.4, -0.2) is 38.8 Å². The van der Waals surface area contributed by atoms with Crippen molar-refractivity contribution >= 4 is 6.08 Å². The van der Waals surface area contributed by atoms with Gasteiger partial charge in [-0.3, -0.25) is 4.90 Å². The molecule has 0 amide bonds. The summed E-state index contributed by atoms with van der Waals surface area (Å²) in [4.78, 5) is 2.25. The maximum atomic E-state index is 5.64. The van der Waals surface area contributed by atoms with Gasteiger partial charge in [-0.05, 0) is 42.4 Å². The fourth-order valence-electron chi connectivity index (χ4n) is 2.68. The molecule has 1 aliphatic heterocycles. The zero-order valence-electron chi connectivity index (χ0n) is 14.2. The third-order valence-electron chi connectivity index (χ3n) is 3.88. The van der Waals surface area contributed by atoms with Crippen molar-refractivity contribution in [3.63, 3.8) is 0 Å². The highest BCUT2D eigenvalue weighted by molar-refractivity contribution is 5.51. The summed E-state index contributed by atoms with van der Waals surface area (Å²) in [6, 6.07) is 14.2. The Labute approximate surface area is 143 Å². The maximum absolute atomic E-state index is 5.64. The number of fused-ring (bicyclic) bond motifs is 1. The maximum Gasteiger partial charge on any atom is 0.161 e. The molecule has 2 aromatic rings. The van der Waals surface area contributed by atoms with E-state index in [1.54, 1.807) is 7.11 Å². The quantitative estimate of drug-likeness (QED) is 0.812. The number of hydrogen-bond acceptors (Lipinski definition) is 4. The predicted molar refractivity (Wildman–Crippen MR) is 95.8 cm³/mol. The van der Waals surface area contributed by atoms with Gasteiger partial charge in [0.1, 0.15) is 19.0 Å². The second kappa shape index (κ2) is 7.88. The number of ether oxygens (including phenoxy) is 3. The third kappa shape index (κ3) is 4.30. The van der Waals surface area contributed by atoms with E-state index in [1.165, 1.54) is 5.56 Å². The Morgan fingerprint density at radius 2 is 1.92 bits per heavy atom. The van der Waals surface area contributed by atoms with Crippen LogP contribution in [-0.2, 0) is 6.54 Å². The first-order valence-electron chi connectivity index (χ1n) is 8.12. The molecule has 2 aromatic carbocycles. The smallest absolute Gasteiger partial charge is 0.161 e. The van der Waals surface area contributed by atoms with Crippen LogP contribution in [0.4, 0.5) is 0 Å². The summed E-state index contributed by atoms with van der Waals surface area (Å²) in [5, 5.41) is 0. The number of hydrogen-bond donors (Lipinski definition) is 0.